The topological polar surface area (TPSA) is 44.1 Å². The van der Waals surface area contributed by atoms with E-state index < -0.39 is 0 Å². The number of nitrogens with zero attached hydrogens (tertiary/aromatic N) is 2. The van der Waals surface area contributed by atoms with E-state index >= 15 is 0 Å². The lowest BCUT2D eigenvalue weighted by Crippen LogP contribution is -2.28. The summed E-state index contributed by atoms with van der Waals surface area (Å²) in [6, 6.07) is 0. The Labute approximate surface area is 109 Å². The number of rotatable bonds is 2. The normalized spacial score (nSPS) is 33.0. The van der Waals surface area contributed by atoms with Gasteiger partial charge in [0.25, 0.3) is 0 Å². The third-order valence-electron chi connectivity index (χ3n) is 3.67. The number of ketones is 1. The average molecular weight is 301 g/mol. The second kappa shape index (κ2) is 4.53. The number of carbonyl (C=O) groups excluding carboxylic acids is 1. The lowest BCUT2D eigenvalue weighted by atomic mass is 9.85. The van der Waals surface area contributed by atoms with Crippen LogP contribution in [0.1, 0.15) is 31.3 Å². The highest BCUT2D eigenvalue weighted by Gasteiger charge is 2.43. The van der Waals surface area contributed by atoms with Gasteiger partial charge in [-0.3, -0.25) is 9.48 Å². The SMILES string of the molecule is CC1OC(C)C(C(=O)c2c(Br)cnn2C)C1C. The van der Waals surface area contributed by atoms with E-state index in [1.807, 2.05) is 13.8 Å². The van der Waals surface area contributed by atoms with Crippen molar-refractivity contribution in [2.45, 2.75) is 33.0 Å². The Bertz CT molecular complexity index is 424. The maximum Gasteiger partial charge on any atom is 0.188 e. The van der Waals surface area contributed by atoms with Crippen molar-refractivity contribution in [3.8, 4) is 0 Å². The van der Waals surface area contributed by atoms with Gasteiger partial charge in [-0.1, -0.05) is 6.92 Å². The van der Waals surface area contributed by atoms with E-state index in [9.17, 15) is 4.79 Å². The number of ether oxygens (including phenoxy) is 1. The molecule has 94 valence electrons. The van der Waals surface area contributed by atoms with Crippen LogP contribution in [0.4, 0.5) is 0 Å². The van der Waals surface area contributed by atoms with Crippen LogP contribution >= 0.6 is 15.9 Å². The van der Waals surface area contributed by atoms with Gasteiger partial charge >= 0.3 is 0 Å². The largest absolute Gasteiger partial charge is 0.374 e. The Kier molecular flexibility index (Phi) is 3.41. The first-order valence-electron chi connectivity index (χ1n) is 5.80. The Morgan fingerprint density at radius 1 is 1.41 bits per heavy atom. The summed E-state index contributed by atoms with van der Waals surface area (Å²) in [6.45, 7) is 6.06. The molecule has 0 aromatic carbocycles. The van der Waals surface area contributed by atoms with Crippen LogP contribution in [-0.4, -0.2) is 27.8 Å². The molecule has 0 N–H and O–H groups in total. The van der Waals surface area contributed by atoms with Crippen LogP contribution in [0.3, 0.4) is 0 Å². The summed E-state index contributed by atoms with van der Waals surface area (Å²) in [5.41, 5.74) is 0.631. The van der Waals surface area contributed by atoms with Gasteiger partial charge in [-0.25, -0.2) is 0 Å². The van der Waals surface area contributed by atoms with Crippen LogP contribution < -0.4 is 0 Å². The van der Waals surface area contributed by atoms with E-state index in [2.05, 4.69) is 28.0 Å². The number of carbonyl (C=O) groups is 1. The average Bonchev–Trinajstić information content (AvgIpc) is 2.69. The molecule has 0 aliphatic carbocycles. The molecule has 4 unspecified atom stereocenters. The summed E-state index contributed by atoms with van der Waals surface area (Å²) in [5, 5.41) is 4.09. The van der Waals surface area contributed by atoms with Crippen LogP contribution in [0.2, 0.25) is 0 Å². The van der Waals surface area contributed by atoms with Crippen molar-refractivity contribution in [2.75, 3.05) is 0 Å². The van der Waals surface area contributed by atoms with Crippen LogP contribution in [0.5, 0.6) is 0 Å². The maximum absolute atomic E-state index is 12.5. The summed E-state index contributed by atoms with van der Waals surface area (Å²) < 4.78 is 8.09. The molecule has 1 aromatic heterocycles. The zero-order valence-electron chi connectivity index (χ0n) is 10.5. The molecular formula is C12H17BrN2O2. The monoisotopic (exact) mass is 300 g/mol. The number of halogens is 1. The molecule has 1 aliphatic heterocycles. The standard InChI is InChI=1S/C12H17BrN2O2/c1-6-7(2)17-8(3)10(6)12(16)11-9(13)5-14-15(11)4/h5-8,10H,1-4H3. The fourth-order valence-electron chi connectivity index (χ4n) is 2.56. The number of hydrogen-bond acceptors (Lipinski definition) is 3. The smallest absolute Gasteiger partial charge is 0.188 e. The van der Waals surface area contributed by atoms with Crippen molar-refractivity contribution in [1.82, 2.24) is 9.78 Å². The van der Waals surface area contributed by atoms with Crippen molar-refractivity contribution in [2.24, 2.45) is 18.9 Å². The predicted octanol–water partition coefficient (Wildman–Crippen LogP) is 2.42. The van der Waals surface area contributed by atoms with Gasteiger partial charge in [-0.05, 0) is 35.7 Å². The first-order chi connectivity index (χ1) is 7.93. The molecule has 1 aromatic rings. The molecule has 1 saturated heterocycles. The summed E-state index contributed by atoms with van der Waals surface area (Å²) in [6.07, 6.45) is 1.75. The van der Waals surface area contributed by atoms with Gasteiger partial charge in [-0.15, -0.1) is 0 Å². The number of aromatic nitrogens is 2. The first kappa shape index (κ1) is 12.8. The summed E-state index contributed by atoms with van der Waals surface area (Å²) >= 11 is 3.37. The lowest BCUT2D eigenvalue weighted by Gasteiger charge is -2.17. The van der Waals surface area contributed by atoms with Gasteiger partial charge in [0.15, 0.2) is 5.78 Å². The Balaban J connectivity index is 2.32. The molecule has 0 amide bonds. The third kappa shape index (κ3) is 2.06. The number of hydrogen-bond donors (Lipinski definition) is 0. The zero-order valence-corrected chi connectivity index (χ0v) is 12.1. The van der Waals surface area contributed by atoms with Gasteiger partial charge < -0.3 is 4.74 Å². The first-order valence-corrected chi connectivity index (χ1v) is 6.60. The molecule has 0 radical (unpaired) electrons. The highest BCUT2D eigenvalue weighted by molar-refractivity contribution is 9.10. The van der Waals surface area contributed by atoms with Crippen LogP contribution in [0.15, 0.2) is 10.7 Å². The zero-order chi connectivity index (χ0) is 12.7. The van der Waals surface area contributed by atoms with Crippen molar-refractivity contribution in [1.29, 1.82) is 0 Å². The van der Waals surface area contributed by atoms with E-state index in [-0.39, 0.29) is 29.8 Å². The van der Waals surface area contributed by atoms with Crippen molar-refractivity contribution in [3.05, 3.63) is 16.4 Å². The maximum atomic E-state index is 12.5. The number of aryl methyl sites for hydroxylation is 1. The summed E-state index contributed by atoms with van der Waals surface area (Å²) in [7, 11) is 1.78. The molecule has 1 fully saturated rings. The number of Topliss-reactive ketones (excluding diaryl/α,β-unsaturated/α-hetero) is 1. The lowest BCUT2D eigenvalue weighted by molar-refractivity contribution is 0.0489. The van der Waals surface area contributed by atoms with E-state index in [1.165, 1.54) is 0 Å². The highest BCUT2D eigenvalue weighted by Crippen LogP contribution is 2.35. The fraction of sp³-hybridized carbons (Fsp3) is 0.667. The Hall–Kier alpha value is -0.680. The van der Waals surface area contributed by atoms with Gasteiger partial charge in [0.2, 0.25) is 0 Å². The molecular weight excluding hydrogens is 284 g/mol. The molecule has 17 heavy (non-hydrogen) atoms. The molecule has 2 heterocycles. The minimum absolute atomic E-state index is 0.0331. The Morgan fingerprint density at radius 2 is 2.06 bits per heavy atom. The van der Waals surface area contributed by atoms with Crippen molar-refractivity contribution in [3.63, 3.8) is 0 Å². The predicted molar refractivity (Wildman–Crippen MR) is 67.9 cm³/mol. The van der Waals surface area contributed by atoms with Gasteiger partial charge in [0.1, 0.15) is 5.69 Å². The van der Waals surface area contributed by atoms with Crippen molar-refractivity contribution >= 4 is 21.7 Å². The van der Waals surface area contributed by atoms with Crippen molar-refractivity contribution < 1.29 is 9.53 Å². The highest BCUT2D eigenvalue weighted by atomic mass is 79.9. The molecule has 4 nitrogen and oxygen atoms in total. The van der Waals surface area contributed by atoms with E-state index in [1.54, 1.807) is 17.9 Å². The second-order valence-electron chi connectivity index (χ2n) is 4.76. The molecule has 1 aliphatic rings. The summed E-state index contributed by atoms with van der Waals surface area (Å²) in [4.78, 5) is 12.5. The summed E-state index contributed by atoms with van der Waals surface area (Å²) in [5.74, 6) is 0.261. The van der Waals surface area contributed by atoms with E-state index in [0.29, 0.717) is 5.69 Å². The molecule has 5 heteroatoms. The molecule has 0 bridgehead atoms. The fourth-order valence-corrected chi connectivity index (χ4v) is 3.11. The molecule has 2 rings (SSSR count). The van der Waals surface area contributed by atoms with E-state index in [0.717, 1.165) is 4.47 Å². The minimum atomic E-state index is -0.0864. The molecule has 0 spiro atoms. The van der Waals surface area contributed by atoms with Gasteiger partial charge in [-0.2, -0.15) is 5.10 Å². The van der Waals surface area contributed by atoms with Crippen LogP contribution in [0, 0.1) is 11.8 Å². The molecule has 4 atom stereocenters. The van der Waals surface area contributed by atoms with Gasteiger partial charge in [0.05, 0.1) is 28.8 Å². The molecule has 0 saturated carbocycles. The second-order valence-corrected chi connectivity index (χ2v) is 5.61. The van der Waals surface area contributed by atoms with Crippen LogP contribution in [-0.2, 0) is 11.8 Å². The minimum Gasteiger partial charge on any atom is -0.374 e. The Morgan fingerprint density at radius 3 is 2.47 bits per heavy atom. The van der Waals surface area contributed by atoms with Gasteiger partial charge in [0, 0.05) is 7.05 Å². The van der Waals surface area contributed by atoms with E-state index in [4.69, 9.17) is 4.74 Å². The third-order valence-corrected chi connectivity index (χ3v) is 4.25. The quantitative estimate of drug-likeness (QED) is 0.788. The van der Waals surface area contributed by atoms with Crippen LogP contribution in [0.25, 0.3) is 0 Å².